The number of amides is 1. The van der Waals surface area contributed by atoms with E-state index in [1.807, 2.05) is 0 Å². The number of halogens is 1. The number of ketones is 1. The summed E-state index contributed by atoms with van der Waals surface area (Å²) in [5.41, 5.74) is 0.429. The third kappa shape index (κ3) is 3.03. The number of hydrogen-bond acceptors (Lipinski definition) is 3. The Labute approximate surface area is 104 Å². The van der Waals surface area contributed by atoms with Crippen LogP contribution in [0.2, 0.25) is 5.02 Å². The summed E-state index contributed by atoms with van der Waals surface area (Å²) in [6, 6.07) is 1.66. The predicted molar refractivity (Wildman–Crippen MR) is 64.0 cm³/mol. The van der Waals surface area contributed by atoms with E-state index in [1.54, 1.807) is 6.07 Å². The highest BCUT2D eigenvalue weighted by molar-refractivity contribution is 6.33. The quantitative estimate of drug-likeness (QED) is 0.876. The Morgan fingerprint density at radius 1 is 1.41 bits per heavy atom. The monoisotopic (exact) mass is 252 g/mol. The minimum Gasteiger partial charge on any atom is -0.349 e. The largest absolute Gasteiger partial charge is 0.349 e. The van der Waals surface area contributed by atoms with Crippen molar-refractivity contribution in [1.29, 1.82) is 0 Å². The number of hydrogen-bond donors (Lipinski definition) is 1. The molecule has 5 heteroatoms. The molecule has 4 nitrogen and oxygen atoms in total. The van der Waals surface area contributed by atoms with Crippen LogP contribution in [-0.2, 0) is 4.79 Å². The Bertz CT molecular complexity index is 438. The van der Waals surface area contributed by atoms with Gasteiger partial charge in [-0.25, -0.2) is 0 Å². The van der Waals surface area contributed by atoms with Crippen LogP contribution in [0.3, 0.4) is 0 Å². The molecule has 1 amide bonds. The summed E-state index contributed by atoms with van der Waals surface area (Å²) in [7, 11) is 0. The summed E-state index contributed by atoms with van der Waals surface area (Å²) in [5, 5.41) is 3.24. The Morgan fingerprint density at radius 3 is 2.76 bits per heavy atom. The van der Waals surface area contributed by atoms with Gasteiger partial charge in [-0.2, -0.15) is 0 Å². The second-order valence-electron chi connectivity index (χ2n) is 4.14. The fourth-order valence-corrected chi connectivity index (χ4v) is 2.11. The molecular formula is C12H13ClN2O2. The number of pyridine rings is 1. The van der Waals surface area contributed by atoms with Gasteiger partial charge in [0, 0.05) is 31.3 Å². The first-order valence-electron chi connectivity index (χ1n) is 5.59. The zero-order chi connectivity index (χ0) is 12.3. The van der Waals surface area contributed by atoms with E-state index in [2.05, 4.69) is 10.3 Å². The molecule has 0 radical (unpaired) electrons. The van der Waals surface area contributed by atoms with Gasteiger partial charge in [0.1, 0.15) is 5.78 Å². The lowest BCUT2D eigenvalue weighted by atomic mass is 9.94. The summed E-state index contributed by atoms with van der Waals surface area (Å²) in [6.07, 6.45) is 5.51. The Balaban J connectivity index is 1.98. The molecule has 1 saturated carbocycles. The minimum absolute atomic E-state index is 0.0735. The van der Waals surface area contributed by atoms with E-state index in [0.717, 1.165) is 0 Å². The van der Waals surface area contributed by atoms with Gasteiger partial charge in [0.15, 0.2) is 0 Å². The molecule has 1 N–H and O–H groups in total. The van der Waals surface area contributed by atoms with Gasteiger partial charge < -0.3 is 5.32 Å². The standard InChI is InChI=1S/C12H13ClN2O2/c13-11-7-14-6-5-10(11)12(17)15-8-1-3-9(16)4-2-8/h5-8H,1-4H2,(H,15,17). The fourth-order valence-electron chi connectivity index (χ4n) is 1.91. The van der Waals surface area contributed by atoms with E-state index in [0.29, 0.717) is 36.3 Å². The molecule has 0 aliphatic heterocycles. The molecule has 1 aromatic heterocycles. The van der Waals surface area contributed by atoms with Gasteiger partial charge in [-0.15, -0.1) is 0 Å². The Hall–Kier alpha value is -1.42. The summed E-state index contributed by atoms with van der Waals surface area (Å²) in [4.78, 5) is 26.8. The predicted octanol–water partition coefficient (Wildman–Crippen LogP) is 1.98. The average Bonchev–Trinajstić information content (AvgIpc) is 2.32. The van der Waals surface area contributed by atoms with Crippen LogP contribution in [0.4, 0.5) is 0 Å². The van der Waals surface area contributed by atoms with Gasteiger partial charge in [0.25, 0.3) is 5.91 Å². The summed E-state index contributed by atoms with van der Waals surface area (Å²) in [6.45, 7) is 0. The first-order valence-corrected chi connectivity index (χ1v) is 5.96. The highest BCUT2D eigenvalue weighted by Gasteiger charge is 2.21. The van der Waals surface area contributed by atoms with Gasteiger partial charge in [0.2, 0.25) is 0 Å². The number of nitrogens with zero attached hydrogens (tertiary/aromatic N) is 1. The molecule has 0 atom stereocenters. The number of carbonyl (C=O) groups is 2. The summed E-state index contributed by atoms with van der Waals surface area (Å²) >= 11 is 5.88. The zero-order valence-corrected chi connectivity index (χ0v) is 10.0. The Kier molecular flexibility index (Phi) is 3.74. The first-order chi connectivity index (χ1) is 8.16. The molecule has 1 aliphatic carbocycles. The molecule has 0 saturated heterocycles. The Morgan fingerprint density at radius 2 is 2.12 bits per heavy atom. The molecule has 17 heavy (non-hydrogen) atoms. The van der Waals surface area contributed by atoms with E-state index in [4.69, 9.17) is 11.6 Å². The smallest absolute Gasteiger partial charge is 0.253 e. The third-order valence-electron chi connectivity index (χ3n) is 2.90. The van der Waals surface area contributed by atoms with Gasteiger partial charge >= 0.3 is 0 Å². The summed E-state index contributed by atoms with van der Waals surface area (Å²) < 4.78 is 0. The van der Waals surface area contributed by atoms with Crippen LogP contribution in [0, 0.1) is 0 Å². The molecule has 0 spiro atoms. The van der Waals surface area contributed by atoms with E-state index in [1.165, 1.54) is 12.4 Å². The van der Waals surface area contributed by atoms with Crippen molar-refractivity contribution in [3.05, 3.63) is 29.0 Å². The number of Topliss-reactive ketones (excluding diaryl/α,β-unsaturated/α-hetero) is 1. The van der Waals surface area contributed by atoms with E-state index in [-0.39, 0.29) is 17.7 Å². The zero-order valence-electron chi connectivity index (χ0n) is 9.28. The summed E-state index contributed by atoms with van der Waals surface area (Å²) in [5.74, 6) is 0.0780. The average molecular weight is 253 g/mol. The molecule has 1 aliphatic rings. The SMILES string of the molecule is O=C1CCC(NC(=O)c2ccncc2Cl)CC1. The number of aromatic nitrogens is 1. The van der Waals surface area contributed by atoms with Crippen LogP contribution in [0.25, 0.3) is 0 Å². The highest BCUT2D eigenvalue weighted by Crippen LogP contribution is 2.17. The van der Waals surface area contributed by atoms with E-state index in [9.17, 15) is 9.59 Å². The highest BCUT2D eigenvalue weighted by atomic mass is 35.5. The molecule has 0 aromatic carbocycles. The van der Waals surface area contributed by atoms with Crippen molar-refractivity contribution < 1.29 is 9.59 Å². The molecule has 1 fully saturated rings. The fraction of sp³-hybridized carbons (Fsp3) is 0.417. The van der Waals surface area contributed by atoms with Gasteiger partial charge in [-0.1, -0.05) is 11.6 Å². The molecule has 2 rings (SSSR count). The van der Waals surface area contributed by atoms with Crippen LogP contribution in [0.5, 0.6) is 0 Å². The lowest BCUT2D eigenvalue weighted by molar-refractivity contribution is -0.120. The van der Waals surface area contributed by atoms with Crippen LogP contribution >= 0.6 is 11.6 Å². The van der Waals surface area contributed by atoms with Crippen molar-refractivity contribution >= 4 is 23.3 Å². The van der Waals surface area contributed by atoms with Gasteiger partial charge in [0.05, 0.1) is 10.6 Å². The van der Waals surface area contributed by atoms with Crippen molar-refractivity contribution in [1.82, 2.24) is 10.3 Å². The number of carbonyl (C=O) groups excluding carboxylic acids is 2. The maximum absolute atomic E-state index is 11.9. The lowest BCUT2D eigenvalue weighted by Crippen LogP contribution is -2.37. The maximum atomic E-state index is 11.9. The van der Waals surface area contributed by atoms with Crippen LogP contribution in [-0.4, -0.2) is 22.7 Å². The second kappa shape index (κ2) is 5.27. The van der Waals surface area contributed by atoms with Crippen LogP contribution in [0.15, 0.2) is 18.5 Å². The van der Waals surface area contributed by atoms with Gasteiger partial charge in [-0.3, -0.25) is 14.6 Å². The first kappa shape index (κ1) is 12.0. The van der Waals surface area contributed by atoms with Crippen molar-refractivity contribution in [3.8, 4) is 0 Å². The van der Waals surface area contributed by atoms with Crippen molar-refractivity contribution in [2.45, 2.75) is 31.7 Å². The van der Waals surface area contributed by atoms with Crippen molar-refractivity contribution in [3.63, 3.8) is 0 Å². The van der Waals surface area contributed by atoms with E-state index < -0.39 is 0 Å². The third-order valence-corrected chi connectivity index (χ3v) is 3.20. The van der Waals surface area contributed by atoms with Crippen molar-refractivity contribution in [2.24, 2.45) is 0 Å². The molecule has 1 aromatic rings. The molecular weight excluding hydrogens is 240 g/mol. The number of nitrogens with one attached hydrogen (secondary N) is 1. The molecule has 0 bridgehead atoms. The lowest BCUT2D eigenvalue weighted by Gasteiger charge is -2.22. The van der Waals surface area contributed by atoms with Crippen LogP contribution in [0.1, 0.15) is 36.0 Å². The topological polar surface area (TPSA) is 59.1 Å². The molecule has 90 valence electrons. The maximum Gasteiger partial charge on any atom is 0.253 e. The van der Waals surface area contributed by atoms with Crippen LogP contribution < -0.4 is 5.32 Å². The van der Waals surface area contributed by atoms with Gasteiger partial charge in [-0.05, 0) is 18.9 Å². The minimum atomic E-state index is -0.197. The molecule has 0 unspecified atom stereocenters. The molecule has 1 heterocycles. The van der Waals surface area contributed by atoms with E-state index >= 15 is 0 Å². The normalized spacial score (nSPS) is 16.9. The second-order valence-corrected chi connectivity index (χ2v) is 4.55. The number of rotatable bonds is 2. The van der Waals surface area contributed by atoms with Crippen molar-refractivity contribution in [2.75, 3.05) is 0 Å².